The van der Waals surface area contributed by atoms with Crippen molar-refractivity contribution in [2.45, 2.75) is 57.5 Å². The summed E-state index contributed by atoms with van der Waals surface area (Å²) >= 11 is 0. The predicted octanol–water partition coefficient (Wildman–Crippen LogP) is 4.30. The summed E-state index contributed by atoms with van der Waals surface area (Å²) in [4.78, 5) is 20.6. The Hall–Kier alpha value is -3.09. The van der Waals surface area contributed by atoms with E-state index in [0.29, 0.717) is 11.5 Å². The molecule has 32 heavy (non-hydrogen) atoms. The summed E-state index contributed by atoms with van der Waals surface area (Å²) < 4.78 is 7.47. The van der Waals surface area contributed by atoms with Crippen molar-refractivity contribution in [2.24, 2.45) is 0 Å². The lowest BCUT2D eigenvalue weighted by Crippen LogP contribution is -2.48. The molecule has 0 radical (unpaired) electrons. The second-order valence-corrected chi connectivity index (χ2v) is 9.22. The van der Waals surface area contributed by atoms with Crippen molar-refractivity contribution in [3.63, 3.8) is 0 Å². The molecule has 3 aromatic rings. The first-order chi connectivity index (χ1) is 15.5. The molecule has 0 bridgehead atoms. The van der Waals surface area contributed by atoms with Gasteiger partial charge in [-0.2, -0.15) is 5.10 Å². The number of fused-ring (bicyclic) bond motifs is 1. The zero-order valence-electron chi connectivity index (χ0n) is 19.0. The highest BCUT2D eigenvalue weighted by molar-refractivity contribution is 6.05. The third kappa shape index (κ3) is 3.92. The number of rotatable bonds is 6. The monoisotopic (exact) mass is 433 g/mol. The molecule has 1 unspecified atom stereocenters. The van der Waals surface area contributed by atoms with Crippen LogP contribution in [0, 0.1) is 0 Å². The second kappa shape index (κ2) is 8.45. The van der Waals surface area contributed by atoms with Crippen molar-refractivity contribution >= 4 is 22.6 Å². The molecule has 1 amide bonds. The molecule has 168 valence electrons. The minimum Gasteiger partial charge on any atom is -0.495 e. The highest BCUT2D eigenvalue weighted by atomic mass is 16.5. The molecule has 7 nitrogen and oxygen atoms in total. The summed E-state index contributed by atoms with van der Waals surface area (Å²) in [5, 5.41) is 8.66. The molecule has 0 spiro atoms. The predicted molar refractivity (Wildman–Crippen MR) is 126 cm³/mol. The molecule has 1 aliphatic heterocycles. The Bertz CT molecular complexity index is 1130. The summed E-state index contributed by atoms with van der Waals surface area (Å²) in [5.41, 5.74) is 3.60. The van der Waals surface area contributed by atoms with E-state index in [1.165, 1.54) is 0 Å². The fraction of sp³-hybridized carbons (Fsp3) is 0.480. The van der Waals surface area contributed by atoms with E-state index in [4.69, 9.17) is 9.72 Å². The van der Waals surface area contributed by atoms with Gasteiger partial charge in [0.05, 0.1) is 29.9 Å². The van der Waals surface area contributed by atoms with E-state index in [0.717, 1.165) is 66.9 Å². The summed E-state index contributed by atoms with van der Waals surface area (Å²) in [7, 11) is 1.70. The summed E-state index contributed by atoms with van der Waals surface area (Å²) in [6.07, 6.45) is 6.06. The van der Waals surface area contributed by atoms with Crippen molar-refractivity contribution in [3.05, 3.63) is 47.8 Å². The Morgan fingerprint density at radius 2 is 2.03 bits per heavy atom. The topological polar surface area (TPSA) is 72.3 Å². The number of carbonyl (C=O) groups is 1. The van der Waals surface area contributed by atoms with E-state index in [9.17, 15) is 4.79 Å². The molecule has 1 atom stereocenters. The van der Waals surface area contributed by atoms with Gasteiger partial charge in [-0.05, 0) is 57.7 Å². The number of aromatic nitrogens is 3. The highest BCUT2D eigenvalue weighted by Gasteiger charge is 2.29. The van der Waals surface area contributed by atoms with E-state index in [1.807, 2.05) is 28.9 Å². The van der Waals surface area contributed by atoms with Crippen molar-refractivity contribution in [3.8, 4) is 5.75 Å². The Balaban J connectivity index is 1.40. The Morgan fingerprint density at radius 1 is 1.22 bits per heavy atom. The number of benzene rings is 1. The van der Waals surface area contributed by atoms with Gasteiger partial charge in [0.25, 0.3) is 5.91 Å². The van der Waals surface area contributed by atoms with Gasteiger partial charge in [0.15, 0.2) is 5.65 Å². The standard InChI is InChI=1S/C25H31N5O2/c1-16(2)30-24-20(14-26-30)19(13-21(28-24)17-10-11-17)25(31)27-18-7-6-12-29(15-18)22-8-4-5-9-23(22)32-3/h4-5,8-9,13-14,16-18H,6-7,10-12,15H2,1-3H3,(H,27,31). The van der Waals surface area contributed by atoms with Crippen LogP contribution in [-0.4, -0.2) is 46.9 Å². The van der Waals surface area contributed by atoms with Crippen LogP contribution in [0.3, 0.4) is 0 Å². The van der Waals surface area contributed by atoms with Gasteiger partial charge in [-0.25, -0.2) is 9.67 Å². The highest BCUT2D eigenvalue weighted by Crippen LogP contribution is 2.40. The maximum Gasteiger partial charge on any atom is 0.252 e. The van der Waals surface area contributed by atoms with E-state index in [1.54, 1.807) is 13.3 Å². The van der Waals surface area contributed by atoms with Crippen molar-refractivity contribution in [1.29, 1.82) is 0 Å². The van der Waals surface area contributed by atoms with Gasteiger partial charge in [0.2, 0.25) is 0 Å². The van der Waals surface area contributed by atoms with Gasteiger partial charge >= 0.3 is 0 Å². The normalized spacial score (nSPS) is 18.9. The number of amides is 1. The van der Waals surface area contributed by atoms with Gasteiger partial charge in [-0.1, -0.05) is 12.1 Å². The van der Waals surface area contributed by atoms with Gasteiger partial charge < -0.3 is 15.0 Å². The quantitative estimate of drug-likeness (QED) is 0.628. The number of hydrogen-bond acceptors (Lipinski definition) is 5. The molecule has 1 saturated heterocycles. The second-order valence-electron chi connectivity index (χ2n) is 9.22. The van der Waals surface area contributed by atoms with E-state index < -0.39 is 0 Å². The molecule has 1 aromatic carbocycles. The van der Waals surface area contributed by atoms with Crippen LogP contribution >= 0.6 is 0 Å². The third-order valence-corrected chi connectivity index (χ3v) is 6.50. The SMILES string of the molecule is COc1ccccc1N1CCCC(NC(=O)c2cc(C3CC3)nc3c2cnn3C(C)C)C1. The fourth-order valence-electron chi connectivity index (χ4n) is 4.66. The molecule has 1 N–H and O–H groups in total. The molecular weight excluding hydrogens is 402 g/mol. The zero-order chi connectivity index (χ0) is 22.2. The van der Waals surface area contributed by atoms with Crippen molar-refractivity contribution in [2.75, 3.05) is 25.1 Å². The summed E-state index contributed by atoms with van der Waals surface area (Å²) in [5.74, 6) is 1.30. The number of para-hydroxylation sites is 2. The number of carbonyl (C=O) groups excluding carboxylic acids is 1. The van der Waals surface area contributed by atoms with Gasteiger partial charge in [-0.3, -0.25) is 4.79 Å². The third-order valence-electron chi connectivity index (χ3n) is 6.50. The zero-order valence-corrected chi connectivity index (χ0v) is 19.0. The molecule has 1 aliphatic carbocycles. The van der Waals surface area contributed by atoms with Crippen molar-refractivity contribution in [1.82, 2.24) is 20.1 Å². The summed E-state index contributed by atoms with van der Waals surface area (Å²) in [6.45, 7) is 5.90. The lowest BCUT2D eigenvalue weighted by Gasteiger charge is -2.35. The Labute approximate surface area is 188 Å². The molecule has 7 heteroatoms. The Morgan fingerprint density at radius 3 is 2.78 bits per heavy atom. The number of hydrogen-bond donors (Lipinski definition) is 1. The smallest absolute Gasteiger partial charge is 0.252 e. The molecular formula is C25H31N5O2. The van der Waals surface area contributed by atoms with E-state index in [-0.39, 0.29) is 18.0 Å². The first kappa shape index (κ1) is 20.8. The number of methoxy groups -OCH3 is 1. The maximum absolute atomic E-state index is 13.4. The molecule has 2 fully saturated rings. The Kier molecular flexibility index (Phi) is 5.49. The first-order valence-corrected chi connectivity index (χ1v) is 11.6. The van der Waals surface area contributed by atoms with E-state index in [2.05, 4.69) is 35.2 Å². The number of pyridine rings is 1. The van der Waals surface area contributed by atoms with Gasteiger partial charge in [0.1, 0.15) is 5.75 Å². The van der Waals surface area contributed by atoms with Crippen LogP contribution in [0.5, 0.6) is 5.75 Å². The minimum atomic E-state index is -0.0329. The molecule has 5 rings (SSSR count). The average molecular weight is 434 g/mol. The van der Waals surface area contributed by atoms with Gasteiger partial charge in [-0.15, -0.1) is 0 Å². The van der Waals surface area contributed by atoms with Gasteiger partial charge in [0, 0.05) is 36.8 Å². The van der Waals surface area contributed by atoms with Crippen LogP contribution in [0.4, 0.5) is 5.69 Å². The fourth-order valence-corrected chi connectivity index (χ4v) is 4.66. The van der Waals surface area contributed by atoms with E-state index >= 15 is 0 Å². The van der Waals surface area contributed by atoms with Crippen molar-refractivity contribution < 1.29 is 9.53 Å². The molecule has 2 aliphatic rings. The van der Waals surface area contributed by atoms with Crippen LogP contribution in [0.1, 0.15) is 67.5 Å². The maximum atomic E-state index is 13.4. The largest absolute Gasteiger partial charge is 0.495 e. The first-order valence-electron chi connectivity index (χ1n) is 11.6. The molecule has 3 heterocycles. The number of ether oxygens (including phenoxy) is 1. The number of nitrogens with zero attached hydrogens (tertiary/aromatic N) is 4. The number of nitrogens with one attached hydrogen (secondary N) is 1. The molecule has 2 aromatic heterocycles. The van der Waals surface area contributed by atoms with Crippen LogP contribution in [0.25, 0.3) is 11.0 Å². The minimum absolute atomic E-state index is 0.0329. The number of piperidine rings is 1. The summed E-state index contributed by atoms with van der Waals surface area (Å²) in [6, 6.07) is 10.3. The van der Waals surface area contributed by atoms with Crippen LogP contribution in [-0.2, 0) is 0 Å². The van der Waals surface area contributed by atoms with Crippen LogP contribution in [0.2, 0.25) is 0 Å². The van der Waals surface area contributed by atoms with Crippen LogP contribution in [0.15, 0.2) is 36.5 Å². The lowest BCUT2D eigenvalue weighted by molar-refractivity contribution is 0.0934. The number of anilines is 1. The lowest BCUT2D eigenvalue weighted by atomic mass is 10.0. The molecule has 1 saturated carbocycles. The average Bonchev–Trinajstić information content (AvgIpc) is 3.57. The van der Waals surface area contributed by atoms with Crippen LogP contribution < -0.4 is 15.0 Å².